The van der Waals surface area contributed by atoms with Gasteiger partial charge in [-0.2, -0.15) is 0 Å². The Bertz CT molecular complexity index is 944. The molecule has 0 saturated carbocycles. The predicted molar refractivity (Wildman–Crippen MR) is 128 cm³/mol. The Morgan fingerprint density at radius 2 is 2.00 bits per heavy atom. The number of rotatable bonds is 9. The number of thiocarbonyl (C=S) groups is 1. The molecule has 3 N–H and O–H groups in total. The lowest BCUT2D eigenvalue weighted by Crippen LogP contribution is -2.35. The number of ether oxygens (including phenoxy) is 2. The van der Waals surface area contributed by atoms with Gasteiger partial charge < -0.3 is 20.1 Å². The van der Waals surface area contributed by atoms with Crippen LogP contribution in [0.2, 0.25) is 0 Å². The van der Waals surface area contributed by atoms with Gasteiger partial charge in [0.15, 0.2) is 5.11 Å². The molecule has 170 valence electrons. The standard InChI is InChI=1S/C24H29N3O4S/c1-2-3-13-30-18-9-6-8-17(15-18)22(28)27-24(32)26-21-12-5-4-11-20(21)23(29)25-16-19-10-7-14-31-19/h4-6,8-9,11-12,15,19H,2-3,7,10,13-14,16H2,1H3,(H,25,29)(H2,26,27,28,32). The van der Waals surface area contributed by atoms with Gasteiger partial charge in [0.25, 0.3) is 11.8 Å². The molecule has 8 heteroatoms. The molecule has 1 fully saturated rings. The van der Waals surface area contributed by atoms with Crippen LogP contribution in [-0.2, 0) is 4.74 Å². The molecule has 0 aromatic heterocycles. The number of hydrogen-bond donors (Lipinski definition) is 3. The quantitative estimate of drug-likeness (QED) is 0.393. The molecule has 1 saturated heterocycles. The number of para-hydroxylation sites is 1. The van der Waals surface area contributed by atoms with Crippen molar-refractivity contribution in [3.05, 3.63) is 59.7 Å². The maximum atomic E-state index is 12.6. The summed E-state index contributed by atoms with van der Waals surface area (Å²) < 4.78 is 11.2. The summed E-state index contributed by atoms with van der Waals surface area (Å²) >= 11 is 5.30. The maximum Gasteiger partial charge on any atom is 0.257 e. The SMILES string of the molecule is CCCCOc1cccc(C(=O)NC(=S)Nc2ccccc2C(=O)NCC2CCCO2)c1. The van der Waals surface area contributed by atoms with Crippen molar-refractivity contribution in [2.75, 3.05) is 25.1 Å². The minimum atomic E-state index is -0.358. The van der Waals surface area contributed by atoms with Gasteiger partial charge in [0.2, 0.25) is 0 Å². The van der Waals surface area contributed by atoms with Gasteiger partial charge in [0.1, 0.15) is 5.75 Å². The third kappa shape index (κ3) is 7.03. The lowest BCUT2D eigenvalue weighted by atomic mass is 10.1. The number of benzene rings is 2. The molecule has 1 unspecified atom stereocenters. The van der Waals surface area contributed by atoms with Gasteiger partial charge in [-0.25, -0.2) is 0 Å². The second kappa shape index (κ2) is 12.2. The Morgan fingerprint density at radius 3 is 2.78 bits per heavy atom. The first kappa shape index (κ1) is 23.7. The zero-order valence-electron chi connectivity index (χ0n) is 18.2. The summed E-state index contributed by atoms with van der Waals surface area (Å²) in [5.74, 6) is 0.0525. The number of carbonyl (C=O) groups excluding carboxylic acids is 2. The molecule has 1 atom stereocenters. The molecule has 2 aromatic carbocycles. The second-order valence-electron chi connectivity index (χ2n) is 7.53. The molecule has 3 rings (SSSR count). The fraction of sp³-hybridized carbons (Fsp3) is 0.375. The van der Waals surface area contributed by atoms with Crippen LogP contribution in [0.3, 0.4) is 0 Å². The summed E-state index contributed by atoms with van der Waals surface area (Å²) in [5.41, 5.74) is 1.39. The molecule has 0 radical (unpaired) electrons. The fourth-order valence-corrected chi connectivity index (χ4v) is 3.49. The van der Waals surface area contributed by atoms with E-state index in [0.29, 0.717) is 35.7 Å². The van der Waals surface area contributed by atoms with Crippen LogP contribution in [0, 0.1) is 0 Å². The number of amides is 2. The molecule has 2 aromatic rings. The predicted octanol–water partition coefficient (Wildman–Crippen LogP) is 3.90. The molecular formula is C24H29N3O4S. The Kier molecular flexibility index (Phi) is 9.01. The molecule has 1 heterocycles. The van der Waals surface area contributed by atoms with Gasteiger partial charge in [-0.1, -0.05) is 31.5 Å². The zero-order valence-corrected chi connectivity index (χ0v) is 19.0. The van der Waals surface area contributed by atoms with E-state index in [1.165, 1.54) is 0 Å². The van der Waals surface area contributed by atoms with Gasteiger partial charge >= 0.3 is 0 Å². The van der Waals surface area contributed by atoms with Crippen LogP contribution in [-0.4, -0.2) is 42.8 Å². The van der Waals surface area contributed by atoms with Crippen molar-refractivity contribution in [1.29, 1.82) is 0 Å². The van der Waals surface area contributed by atoms with E-state index in [0.717, 1.165) is 32.3 Å². The number of hydrogen-bond acceptors (Lipinski definition) is 5. The van der Waals surface area contributed by atoms with E-state index in [1.807, 2.05) is 6.07 Å². The topological polar surface area (TPSA) is 88.7 Å². The summed E-state index contributed by atoms with van der Waals surface area (Å²) in [7, 11) is 0. The minimum absolute atomic E-state index is 0.0566. The summed E-state index contributed by atoms with van der Waals surface area (Å²) in [6.45, 7) is 3.89. The van der Waals surface area contributed by atoms with Crippen LogP contribution < -0.4 is 20.7 Å². The number of carbonyl (C=O) groups is 2. The lowest BCUT2D eigenvalue weighted by Gasteiger charge is -2.15. The first-order valence-electron chi connectivity index (χ1n) is 10.9. The highest BCUT2D eigenvalue weighted by Gasteiger charge is 2.18. The van der Waals surface area contributed by atoms with Crippen molar-refractivity contribution < 1.29 is 19.1 Å². The monoisotopic (exact) mass is 455 g/mol. The fourth-order valence-electron chi connectivity index (χ4n) is 3.29. The molecule has 0 bridgehead atoms. The van der Waals surface area contributed by atoms with E-state index >= 15 is 0 Å². The summed E-state index contributed by atoms with van der Waals surface area (Å²) in [6, 6.07) is 14.0. The first-order chi connectivity index (χ1) is 15.6. The maximum absolute atomic E-state index is 12.6. The Morgan fingerprint density at radius 1 is 1.16 bits per heavy atom. The summed E-state index contributed by atoms with van der Waals surface area (Å²) in [6.07, 6.45) is 4.00. The molecule has 7 nitrogen and oxygen atoms in total. The third-order valence-electron chi connectivity index (χ3n) is 5.02. The van der Waals surface area contributed by atoms with Gasteiger partial charge in [0, 0.05) is 18.7 Å². The largest absolute Gasteiger partial charge is 0.494 e. The highest BCUT2D eigenvalue weighted by atomic mass is 32.1. The first-order valence-corrected chi connectivity index (χ1v) is 11.3. The average molecular weight is 456 g/mol. The minimum Gasteiger partial charge on any atom is -0.494 e. The van der Waals surface area contributed by atoms with Gasteiger partial charge in [0.05, 0.1) is 24.0 Å². The summed E-state index contributed by atoms with van der Waals surface area (Å²) in [4.78, 5) is 25.3. The van der Waals surface area contributed by atoms with Crippen molar-refractivity contribution >= 4 is 34.8 Å². The lowest BCUT2D eigenvalue weighted by molar-refractivity contribution is 0.0858. The number of nitrogens with one attached hydrogen (secondary N) is 3. The van der Waals surface area contributed by atoms with Crippen molar-refractivity contribution in [3.63, 3.8) is 0 Å². The van der Waals surface area contributed by atoms with E-state index < -0.39 is 0 Å². The molecular weight excluding hydrogens is 426 g/mol. The van der Waals surface area contributed by atoms with Gasteiger partial charge in [-0.05, 0) is 61.8 Å². The molecule has 2 amide bonds. The Balaban J connectivity index is 1.57. The number of unbranched alkanes of at least 4 members (excludes halogenated alkanes) is 1. The van der Waals surface area contributed by atoms with E-state index in [2.05, 4.69) is 22.9 Å². The van der Waals surface area contributed by atoms with Crippen molar-refractivity contribution in [2.24, 2.45) is 0 Å². The normalized spacial score (nSPS) is 15.1. The average Bonchev–Trinajstić information content (AvgIpc) is 3.32. The zero-order chi connectivity index (χ0) is 22.8. The molecule has 0 aliphatic carbocycles. The van der Waals surface area contributed by atoms with Crippen molar-refractivity contribution in [2.45, 2.75) is 38.7 Å². The number of anilines is 1. The van der Waals surface area contributed by atoms with Crippen molar-refractivity contribution in [3.8, 4) is 5.75 Å². The Labute approximate surface area is 193 Å². The molecule has 32 heavy (non-hydrogen) atoms. The van der Waals surface area contributed by atoms with Gasteiger partial charge in [-0.15, -0.1) is 0 Å². The smallest absolute Gasteiger partial charge is 0.257 e. The molecule has 1 aliphatic rings. The van der Waals surface area contributed by atoms with Gasteiger partial charge in [-0.3, -0.25) is 14.9 Å². The van der Waals surface area contributed by atoms with Crippen LogP contribution in [0.1, 0.15) is 53.3 Å². The second-order valence-corrected chi connectivity index (χ2v) is 7.94. The van der Waals surface area contributed by atoms with Crippen LogP contribution in [0.4, 0.5) is 5.69 Å². The highest BCUT2D eigenvalue weighted by molar-refractivity contribution is 7.80. The molecule has 0 spiro atoms. The molecule has 1 aliphatic heterocycles. The van der Waals surface area contributed by atoms with E-state index in [-0.39, 0.29) is 23.0 Å². The van der Waals surface area contributed by atoms with Crippen LogP contribution in [0.15, 0.2) is 48.5 Å². The van der Waals surface area contributed by atoms with E-state index in [1.54, 1.807) is 42.5 Å². The van der Waals surface area contributed by atoms with Crippen LogP contribution >= 0.6 is 12.2 Å². The van der Waals surface area contributed by atoms with Crippen molar-refractivity contribution in [1.82, 2.24) is 10.6 Å². The van der Waals surface area contributed by atoms with Crippen LogP contribution in [0.25, 0.3) is 0 Å². The van der Waals surface area contributed by atoms with E-state index in [9.17, 15) is 9.59 Å². The third-order valence-corrected chi connectivity index (χ3v) is 5.23. The summed E-state index contributed by atoms with van der Waals surface area (Å²) in [5, 5.41) is 8.61. The Hall–Kier alpha value is -2.97. The van der Waals surface area contributed by atoms with Crippen LogP contribution in [0.5, 0.6) is 5.75 Å². The highest BCUT2D eigenvalue weighted by Crippen LogP contribution is 2.17. The van der Waals surface area contributed by atoms with E-state index in [4.69, 9.17) is 21.7 Å².